The molecule has 0 bridgehead atoms. The lowest BCUT2D eigenvalue weighted by Gasteiger charge is -2.11. The highest BCUT2D eigenvalue weighted by Gasteiger charge is 2.35. The van der Waals surface area contributed by atoms with Crippen molar-refractivity contribution in [3.8, 4) is 5.75 Å². The van der Waals surface area contributed by atoms with Crippen LogP contribution in [0.15, 0.2) is 24.3 Å². The fourth-order valence-corrected chi connectivity index (χ4v) is 1.96. The average Bonchev–Trinajstić information content (AvgIpc) is 2.81. The van der Waals surface area contributed by atoms with Gasteiger partial charge in [0.2, 0.25) is 5.91 Å². The van der Waals surface area contributed by atoms with E-state index in [1.165, 1.54) is 6.92 Å². The van der Waals surface area contributed by atoms with Gasteiger partial charge in [-0.2, -0.15) is 18.3 Å². The molecule has 11 heteroatoms. The third-order valence-electron chi connectivity index (χ3n) is 2.95. The number of non-ortho nitro benzene ring substituents is 1. The minimum Gasteiger partial charge on any atom is -0.506 e. The summed E-state index contributed by atoms with van der Waals surface area (Å²) in [7, 11) is 0. The fourth-order valence-electron chi connectivity index (χ4n) is 1.96. The predicted octanol–water partition coefficient (Wildman–Crippen LogP) is 2.46. The Morgan fingerprint density at radius 2 is 2.08 bits per heavy atom. The Morgan fingerprint density at radius 3 is 2.62 bits per heavy atom. The number of alkyl halides is 3. The number of hydrogen-bond acceptors (Lipinski definition) is 5. The van der Waals surface area contributed by atoms with Crippen molar-refractivity contribution >= 4 is 17.3 Å². The van der Waals surface area contributed by atoms with Crippen LogP contribution in [0.5, 0.6) is 5.75 Å². The van der Waals surface area contributed by atoms with Crippen LogP contribution in [-0.2, 0) is 17.5 Å². The van der Waals surface area contributed by atoms with E-state index in [-0.39, 0.29) is 11.4 Å². The van der Waals surface area contributed by atoms with Gasteiger partial charge >= 0.3 is 6.18 Å². The number of carbonyl (C=O) groups is 1. The first kappa shape index (κ1) is 17.2. The smallest absolute Gasteiger partial charge is 0.433 e. The number of nitro benzene ring substituents is 1. The number of carbonyl (C=O) groups excluding carboxylic acids is 1. The summed E-state index contributed by atoms with van der Waals surface area (Å²) >= 11 is 0. The number of anilines is 1. The Kier molecular flexibility index (Phi) is 4.44. The predicted molar refractivity (Wildman–Crippen MR) is 75.4 cm³/mol. The molecule has 0 fully saturated rings. The van der Waals surface area contributed by atoms with Crippen LogP contribution in [0, 0.1) is 17.0 Å². The van der Waals surface area contributed by atoms with E-state index in [9.17, 15) is 33.2 Å². The Balaban J connectivity index is 2.16. The van der Waals surface area contributed by atoms with Gasteiger partial charge in [0.1, 0.15) is 18.0 Å². The Morgan fingerprint density at radius 1 is 1.42 bits per heavy atom. The molecule has 128 valence electrons. The molecule has 0 spiro atoms. The SMILES string of the molecule is Cc1cc(C(F)(F)F)n(CC(=O)Nc2ccc([N+](=O)[O-])cc2O)n1. The average molecular weight is 344 g/mol. The lowest BCUT2D eigenvalue weighted by Crippen LogP contribution is -2.23. The summed E-state index contributed by atoms with van der Waals surface area (Å²) in [5.41, 5.74) is -1.55. The molecular weight excluding hydrogens is 333 g/mol. The Bertz CT molecular complexity index is 801. The molecule has 0 saturated heterocycles. The van der Waals surface area contributed by atoms with Crippen molar-refractivity contribution in [2.45, 2.75) is 19.6 Å². The van der Waals surface area contributed by atoms with E-state index < -0.39 is 40.7 Å². The molecule has 0 aliphatic heterocycles. The number of nitrogens with one attached hydrogen (secondary N) is 1. The number of aromatic hydroxyl groups is 1. The molecule has 0 aliphatic rings. The van der Waals surface area contributed by atoms with Gasteiger partial charge in [-0.15, -0.1) is 0 Å². The summed E-state index contributed by atoms with van der Waals surface area (Å²) < 4.78 is 39.0. The third-order valence-corrected chi connectivity index (χ3v) is 2.95. The van der Waals surface area contributed by atoms with E-state index in [1.54, 1.807) is 0 Å². The first-order chi connectivity index (χ1) is 11.1. The van der Waals surface area contributed by atoms with Crippen LogP contribution < -0.4 is 5.32 Å². The zero-order valence-corrected chi connectivity index (χ0v) is 12.2. The molecule has 0 unspecified atom stereocenters. The highest BCUT2D eigenvalue weighted by molar-refractivity contribution is 5.92. The molecule has 2 rings (SSSR count). The summed E-state index contributed by atoms with van der Waals surface area (Å²) in [5, 5.41) is 25.9. The van der Waals surface area contributed by atoms with Crippen LogP contribution in [0.3, 0.4) is 0 Å². The second-order valence-electron chi connectivity index (χ2n) is 4.83. The molecule has 2 N–H and O–H groups in total. The molecule has 1 aromatic heterocycles. The van der Waals surface area contributed by atoms with E-state index in [0.29, 0.717) is 4.68 Å². The van der Waals surface area contributed by atoms with Crippen LogP contribution in [0.1, 0.15) is 11.4 Å². The summed E-state index contributed by atoms with van der Waals surface area (Å²) in [6, 6.07) is 3.73. The number of halogens is 3. The van der Waals surface area contributed by atoms with Gasteiger partial charge in [-0.3, -0.25) is 19.6 Å². The first-order valence-electron chi connectivity index (χ1n) is 6.47. The molecule has 24 heavy (non-hydrogen) atoms. The number of benzene rings is 1. The van der Waals surface area contributed by atoms with Crippen LogP contribution in [0.2, 0.25) is 0 Å². The number of amides is 1. The molecule has 2 aromatic rings. The van der Waals surface area contributed by atoms with E-state index in [4.69, 9.17) is 0 Å². The van der Waals surface area contributed by atoms with Crippen LogP contribution in [0.4, 0.5) is 24.5 Å². The van der Waals surface area contributed by atoms with Crippen molar-refractivity contribution in [3.63, 3.8) is 0 Å². The monoisotopic (exact) mass is 344 g/mol. The third kappa shape index (κ3) is 3.80. The number of rotatable bonds is 4. The van der Waals surface area contributed by atoms with Gasteiger partial charge in [0.05, 0.1) is 22.4 Å². The highest BCUT2D eigenvalue weighted by Crippen LogP contribution is 2.30. The van der Waals surface area contributed by atoms with E-state index >= 15 is 0 Å². The molecule has 0 aliphatic carbocycles. The molecule has 1 heterocycles. The van der Waals surface area contributed by atoms with Crippen molar-refractivity contribution < 1.29 is 28.0 Å². The van der Waals surface area contributed by atoms with E-state index in [0.717, 1.165) is 24.3 Å². The van der Waals surface area contributed by atoms with Crippen molar-refractivity contribution in [2.24, 2.45) is 0 Å². The molecule has 0 radical (unpaired) electrons. The number of aryl methyl sites for hydroxylation is 1. The minimum atomic E-state index is -4.67. The standard InChI is InChI=1S/C13H11F3N4O4/c1-7-4-11(13(14,15)16)19(18-7)6-12(22)17-9-3-2-8(20(23)24)5-10(9)21/h2-5,21H,6H2,1H3,(H,17,22). The number of phenols is 1. The second-order valence-corrected chi connectivity index (χ2v) is 4.83. The molecule has 1 aromatic carbocycles. The molecule has 1 amide bonds. The number of nitro groups is 1. The quantitative estimate of drug-likeness (QED) is 0.503. The molecular formula is C13H11F3N4O4. The van der Waals surface area contributed by atoms with Gasteiger partial charge in [-0.05, 0) is 19.1 Å². The highest BCUT2D eigenvalue weighted by atomic mass is 19.4. The van der Waals surface area contributed by atoms with Crippen LogP contribution in [0.25, 0.3) is 0 Å². The van der Waals surface area contributed by atoms with Gasteiger partial charge in [-0.1, -0.05) is 0 Å². The zero-order valence-electron chi connectivity index (χ0n) is 12.2. The topological polar surface area (TPSA) is 110 Å². The van der Waals surface area contributed by atoms with Crippen molar-refractivity contribution in [2.75, 3.05) is 5.32 Å². The van der Waals surface area contributed by atoms with E-state index in [1.807, 2.05) is 0 Å². The number of aromatic nitrogens is 2. The maximum Gasteiger partial charge on any atom is 0.433 e. The van der Waals surface area contributed by atoms with Crippen molar-refractivity contribution in [3.05, 3.63) is 45.8 Å². The number of hydrogen-bond donors (Lipinski definition) is 2. The maximum absolute atomic E-state index is 12.8. The Hall–Kier alpha value is -3.11. The summed E-state index contributed by atoms with van der Waals surface area (Å²) in [6.07, 6.45) is -4.67. The molecule has 8 nitrogen and oxygen atoms in total. The van der Waals surface area contributed by atoms with Gasteiger partial charge in [0.25, 0.3) is 5.69 Å². The number of nitrogens with zero attached hydrogens (tertiary/aromatic N) is 3. The summed E-state index contributed by atoms with van der Waals surface area (Å²) in [4.78, 5) is 21.7. The minimum absolute atomic E-state index is 0.0910. The summed E-state index contributed by atoms with van der Waals surface area (Å²) in [5.74, 6) is -1.46. The van der Waals surface area contributed by atoms with Crippen molar-refractivity contribution in [1.82, 2.24) is 9.78 Å². The second kappa shape index (κ2) is 6.18. The number of phenolic OH excluding ortho intramolecular Hbond substituents is 1. The molecule has 0 saturated carbocycles. The zero-order chi connectivity index (χ0) is 18.1. The van der Waals surface area contributed by atoms with Gasteiger partial charge in [0.15, 0.2) is 0 Å². The normalized spacial score (nSPS) is 11.3. The van der Waals surface area contributed by atoms with Gasteiger partial charge in [-0.25, -0.2) is 0 Å². The lowest BCUT2D eigenvalue weighted by molar-refractivity contribution is -0.384. The lowest BCUT2D eigenvalue weighted by atomic mass is 10.2. The van der Waals surface area contributed by atoms with Gasteiger partial charge in [0, 0.05) is 6.07 Å². The molecule has 0 atom stereocenters. The Labute approximate surface area is 132 Å². The van der Waals surface area contributed by atoms with Crippen LogP contribution in [-0.4, -0.2) is 25.7 Å². The summed E-state index contributed by atoms with van der Waals surface area (Å²) in [6.45, 7) is 0.616. The fraction of sp³-hybridized carbons (Fsp3) is 0.231. The largest absolute Gasteiger partial charge is 0.506 e. The van der Waals surface area contributed by atoms with Crippen molar-refractivity contribution in [1.29, 1.82) is 0 Å². The van der Waals surface area contributed by atoms with Gasteiger partial charge < -0.3 is 10.4 Å². The van der Waals surface area contributed by atoms with Crippen LogP contribution >= 0.6 is 0 Å². The van der Waals surface area contributed by atoms with E-state index in [2.05, 4.69) is 10.4 Å². The maximum atomic E-state index is 12.8. The first-order valence-corrected chi connectivity index (χ1v) is 6.47.